The Morgan fingerprint density at radius 2 is 1.88 bits per heavy atom. The molecule has 4 heterocycles. The molecule has 9 nitrogen and oxygen atoms in total. The molecule has 0 radical (unpaired) electrons. The summed E-state index contributed by atoms with van der Waals surface area (Å²) in [6.07, 6.45) is 3.65. The van der Waals surface area contributed by atoms with Crippen LogP contribution in [0.3, 0.4) is 0 Å². The van der Waals surface area contributed by atoms with Crippen molar-refractivity contribution in [3.63, 3.8) is 0 Å². The fourth-order valence-electron chi connectivity index (χ4n) is 4.00. The normalized spacial score (nSPS) is 11.2. The Hall–Kier alpha value is -4.05. The molecule has 1 N–H and O–H groups in total. The summed E-state index contributed by atoms with van der Waals surface area (Å²) >= 11 is 1.38. The molecule has 0 aliphatic rings. The topological polar surface area (TPSA) is 99.8 Å². The zero-order valence-electron chi connectivity index (χ0n) is 19.2. The van der Waals surface area contributed by atoms with E-state index in [1.165, 1.54) is 11.3 Å². The smallest absolute Gasteiger partial charge is 0.247 e. The van der Waals surface area contributed by atoms with Crippen molar-refractivity contribution in [2.45, 2.75) is 20.4 Å². The number of anilines is 1. The van der Waals surface area contributed by atoms with Gasteiger partial charge in [0.15, 0.2) is 10.8 Å². The van der Waals surface area contributed by atoms with Gasteiger partial charge >= 0.3 is 0 Å². The van der Waals surface area contributed by atoms with Crippen LogP contribution in [0.25, 0.3) is 33.4 Å². The van der Waals surface area contributed by atoms with Crippen molar-refractivity contribution in [1.82, 2.24) is 29.5 Å². The van der Waals surface area contributed by atoms with Gasteiger partial charge in [0.1, 0.15) is 12.3 Å². The molecule has 0 saturated carbocycles. The SMILES string of the molecule is COc1ccc(-c2ccnc3c2c(C)nn3CC(=O)Nc2nc(-c3cn(C)nc3C)cs2)cc1. The molecule has 0 unspecified atom stereocenters. The summed E-state index contributed by atoms with van der Waals surface area (Å²) in [5.41, 5.74) is 6.13. The lowest BCUT2D eigenvalue weighted by Crippen LogP contribution is -2.19. The first-order valence-electron chi connectivity index (χ1n) is 10.7. The second kappa shape index (κ2) is 8.71. The van der Waals surface area contributed by atoms with Gasteiger partial charge in [0, 0.05) is 35.8 Å². The Morgan fingerprint density at radius 3 is 2.59 bits per heavy atom. The molecule has 5 aromatic rings. The molecule has 172 valence electrons. The average molecular weight is 474 g/mol. The number of methoxy groups -OCH3 is 1. The third-order valence-corrected chi connectivity index (χ3v) is 6.30. The number of benzene rings is 1. The van der Waals surface area contributed by atoms with Crippen LogP contribution in [0, 0.1) is 13.8 Å². The lowest BCUT2D eigenvalue weighted by Gasteiger charge is -2.06. The molecule has 5 rings (SSSR count). The van der Waals surface area contributed by atoms with Gasteiger partial charge in [-0.2, -0.15) is 10.2 Å². The molecule has 0 aliphatic carbocycles. The zero-order valence-corrected chi connectivity index (χ0v) is 20.1. The van der Waals surface area contributed by atoms with Crippen LogP contribution in [0.15, 0.2) is 48.1 Å². The van der Waals surface area contributed by atoms with Gasteiger partial charge in [-0.15, -0.1) is 11.3 Å². The number of nitrogens with zero attached hydrogens (tertiary/aromatic N) is 6. The van der Waals surface area contributed by atoms with E-state index in [1.54, 1.807) is 22.7 Å². The summed E-state index contributed by atoms with van der Waals surface area (Å²) < 4.78 is 8.65. The molecular formula is C24H23N7O2S. The van der Waals surface area contributed by atoms with Gasteiger partial charge in [0.2, 0.25) is 5.91 Å². The molecule has 1 amide bonds. The van der Waals surface area contributed by atoms with E-state index in [4.69, 9.17) is 4.74 Å². The number of nitrogens with one attached hydrogen (secondary N) is 1. The number of pyridine rings is 1. The minimum absolute atomic E-state index is 0.0320. The Morgan fingerprint density at radius 1 is 1.09 bits per heavy atom. The molecular weight excluding hydrogens is 450 g/mol. The molecule has 34 heavy (non-hydrogen) atoms. The van der Waals surface area contributed by atoms with Crippen LogP contribution in [-0.2, 0) is 18.4 Å². The predicted octanol–water partition coefficient (Wildman–Crippen LogP) is 4.22. The Labute approximate surface area is 200 Å². The number of thiazole rings is 1. The summed E-state index contributed by atoms with van der Waals surface area (Å²) in [7, 11) is 3.52. The fourth-order valence-corrected chi connectivity index (χ4v) is 4.73. The highest BCUT2D eigenvalue weighted by atomic mass is 32.1. The predicted molar refractivity (Wildman–Crippen MR) is 132 cm³/mol. The van der Waals surface area contributed by atoms with Crippen LogP contribution in [0.4, 0.5) is 5.13 Å². The van der Waals surface area contributed by atoms with Crippen LogP contribution >= 0.6 is 11.3 Å². The highest BCUT2D eigenvalue weighted by Gasteiger charge is 2.17. The lowest BCUT2D eigenvalue weighted by molar-refractivity contribution is -0.116. The number of aryl methyl sites for hydroxylation is 3. The third-order valence-electron chi connectivity index (χ3n) is 5.54. The number of hydrogen-bond donors (Lipinski definition) is 1. The first-order valence-corrected chi connectivity index (χ1v) is 11.5. The van der Waals surface area contributed by atoms with Crippen LogP contribution < -0.4 is 10.1 Å². The number of carbonyl (C=O) groups is 1. The van der Waals surface area contributed by atoms with Crippen LogP contribution in [0.1, 0.15) is 11.4 Å². The first kappa shape index (κ1) is 21.8. The van der Waals surface area contributed by atoms with E-state index in [2.05, 4.69) is 25.5 Å². The van der Waals surface area contributed by atoms with Gasteiger partial charge in [-0.25, -0.2) is 14.6 Å². The van der Waals surface area contributed by atoms with Gasteiger partial charge in [0.25, 0.3) is 0 Å². The van der Waals surface area contributed by atoms with Crippen molar-refractivity contribution in [3.05, 3.63) is 59.5 Å². The minimum atomic E-state index is -0.218. The van der Waals surface area contributed by atoms with Gasteiger partial charge in [0.05, 0.1) is 24.2 Å². The monoisotopic (exact) mass is 473 g/mol. The van der Waals surface area contributed by atoms with E-state index >= 15 is 0 Å². The average Bonchev–Trinajstić information content (AvgIpc) is 3.51. The summed E-state index contributed by atoms with van der Waals surface area (Å²) in [5, 5.41) is 15.2. The molecule has 0 bridgehead atoms. The zero-order chi connectivity index (χ0) is 23.8. The highest BCUT2D eigenvalue weighted by molar-refractivity contribution is 7.14. The highest BCUT2D eigenvalue weighted by Crippen LogP contribution is 2.31. The van der Waals surface area contributed by atoms with Crippen molar-refractivity contribution in [3.8, 4) is 28.1 Å². The van der Waals surface area contributed by atoms with Crippen molar-refractivity contribution in [1.29, 1.82) is 0 Å². The molecule has 4 aromatic heterocycles. The largest absolute Gasteiger partial charge is 0.497 e. The van der Waals surface area contributed by atoms with E-state index < -0.39 is 0 Å². The van der Waals surface area contributed by atoms with E-state index in [0.29, 0.717) is 10.8 Å². The number of fused-ring (bicyclic) bond motifs is 1. The number of hydrogen-bond acceptors (Lipinski definition) is 7. The maximum absolute atomic E-state index is 12.8. The van der Waals surface area contributed by atoms with Gasteiger partial charge in [-0.05, 0) is 43.2 Å². The molecule has 0 saturated heterocycles. The number of aromatic nitrogens is 6. The Balaban J connectivity index is 1.38. The fraction of sp³-hybridized carbons (Fsp3) is 0.208. The summed E-state index contributed by atoms with van der Waals surface area (Å²) in [5.74, 6) is 0.576. The van der Waals surface area contributed by atoms with E-state index in [-0.39, 0.29) is 12.5 Å². The van der Waals surface area contributed by atoms with Crippen LogP contribution in [0.5, 0.6) is 5.75 Å². The number of amides is 1. The lowest BCUT2D eigenvalue weighted by atomic mass is 10.0. The second-order valence-corrected chi connectivity index (χ2v) is 8.77. The Kier molecular flexibility index (Phi) is 5.58. The van der Waals surface area contributed by atoms with Gasteiger partial charge in [-0.1, -0.05) is 12.1 Å². The molecule has 10 heteroatoms. The number of rotatable bonds is 6. The maximum atomic E-state index is 12.8. The van der Waals surface area contributed by atoms with Crippen LogP contribution in [-0.4, -0.2) is 42.5 Å². The van der Waals surface area contributed by atoms with Crippen molar-refractivity contribution in [2.24, 2.45) is 7.05 Å². The van der Waals surface area contributed by atoms with Gasteiger partial charge in [-0.3, -0.25) is 9.48 Å². The van der Waals surface area contributed by atoms with Crippen molar-refractivity contribution in [2.75, 3.05) is 12.4 Å². The standard InChI is InChI=1S/C24H23N7O2S/c1-14-19(11-30(3)28-14)20-13-34-24(26-20)27-21(32)12-31-23-22(15(2)29-31)18(9-10-25-23)16-5-7-17(33-4)8-6-16/h5-11,13H,12H2,1-4H3,(H,26,27,32). The number of carbonyl (C=O) groups excluding carboxylic acids is 1. The molecule has 1 aromatic carbocycles. The quantitative estimate of drug-likeness (QED) is 0.396. The van der Waals surface area contributed by atoms with E-state index in [1.807, 2.05) is 62.8 Å². The van der Waals surface area contributed by atoms with Gasteiger partial charge < -0.3 is 10.1 Å². The van der Waals surface area contributed by atoms with Crippen LogP contribution in [0.2, 0.25) is 0 Å². The maximum Gasteiger partial charge on any atom is 0.247 e. The second-order valence-electron chi connectivity index (χ2n) is 7.92. The number of ether oxygens (including phenoxy) is 1. The van der Waals surface area contributed by atoms with Crippen molar-refractivity contribution < 1.29 is 9.53 Å². The van der Waals surface area contributed by atoms with Crippen molar-refractivity contribution >= 4 is 33.4 Å². The molecule has 0 fully saturated rings. The third kappa shape index (κ3) is 4.03. The summed E-state index contributed by atoms with van der Waals surface area (Å²) in [4.78, 5) is 21.9. The summed E-state index contributed by atoms with van der Waals surface area (Å²) in [6, 6.07) is 9.80. The molecule has 0 atom stereocenters. The van der Waals surface area contributed by atoms with E-state index in [0.717, 1.165) is 44.9 Å². The molecule has 0 spiro atoms. The van der Waals surface area contributed by atoms with E-state index in [9.17, 15) is 4.79 Å². The minimum Gasteiger partial charge on any atom is -0.497 e. The Bertz CT molecular complexity index is 1500. The first-order chi connectivity index (χ1) is 16.4. The molecule has 0 aliphatic heterocycles. The summed E-state index contributed by atoms with van der Waals surface area (Å²) in [6.45, 7) is 3.89.